The summed E-state index contributed by atoms with van der Waals surface area (Å²) >= 11 is 6.09. The average molecular weight is 416 g/mol. The van der Waals surface area contributed by atoms with Crippen LogP contribution in [0.1, 0.15) is 29.8 Å². The molecule has 7 heteroatoms. The van der Waals surface area contributed by atoms with Gasteiger partial charge in [0.15, 0.2) is 0 Å². The van der Waals surface area contributed by atoms with Gasteiger partial charge < -0.3 is 20.2 Å². The summed E-state index contributed by atoms with van der Waals surface area (Å²) in [4.78, 5) is 28.6. The SMILES string of the molecule is CC(C)(CNC(=O)N1CCN(C(=O)c2cccc(O)c2)CC1)c1cccc(Cl)c1. The van der Waals surface area contributed by atoms with E-state index < -0.39 is 0 Å². The van der Waals surface area contributed by atoms with Gasteiger partial charge in [-0.25, -0.2) is 4.79 Å². The van der Waals surface area contributed by atoms with E-state index in [1.165, 1.54) is 12.1 Å². The van der Waals surface area contributed by atoms with Gasteiger partial charge in [-0.3, -0.25) is 4.79 Å². The second kappa shape index (κ2) is 8.74. The predicted molar refractivity (Wildman–Crippen MR) is 113 cm³/mol. The molecule has 29 heavy (non-hydrogen) atoms. The van der Waals surface area contributed by atoms with E-state index >= 15 is 0 Å². The van der Waals surface area contributed by atoms with Crippen LogP contribution in [0.15, 0.2) is 48.5 Å². The van der Waals surface area contributed by atoms with Crippen LogP contribution in [-0.2, 0) is 5.41 Å². The number of rotatable bonds is 4. The normalized spacial score (nSPS) is 14.6. The van der Waals surface area contributed by atoms with E-state index in [4.69, 9.17) is 11.6 Å². The Morgan fingerprint density at radius 2 is 1.69 bits per heavy atom. The molecular weight excluding hydrogens is 390 g/mol. The fourth-order valence-electron chi connectivity index (χ4n) is 3.35. The molecule has 1 aliphatic heterocycles. The van der Waals surface area contributed by atoms with Crippen LogP contribution < -0.4 is 5.32 Å². The Hall–Kier alpha value is -2.73. The number of amides is 3. The van der Waals surface area contributed by atoms with E-state index in [2.05, 4.69) is 19.2 Å². The van der Waals surface area contributed by atoms with Crippen molar-refractivity contribution in [1.29, 1.82) is 0 Å². The van der Waals surface area contributed by atoms with Crippen molar-refractivity contribution in [2.45, 2.75) is 19.3 Å². The number of piperazine rings is 1. The molecule has 2 aromatic rings. The van der Waals surface area contributed by atoms with Crippen molar-refractivity contribution < 1.29 is 14.7 Å². The van der Waals surface area contributed by atoms with Crippen molar-refractivity contribution in [3.63, 3.8) is 0 Å². The van der Waals surface area contributed by atoms with E-state index in [-0.39, 0.29) is 23.1 Å². The molecule has 0 unspecified atom stereocenters. The van der Waals surface area contributed by atoms with Crippen molar-refractivity contribution in [1.82, 2.24) is 15.1 Å². The van der Waals surface area contributed by atoms with Gasteiger partial charge in [0.05, 0.1) is 0 Å². The van der Waals surface area contributed by atoms with Gasteiger partial charge in [-0.1, -0.05) is 43.6 Å². The summed E-state index contributed by atoms with van der Waals surface area (Å²) in [5.74, 6) is -0.0702. The summed E-state index contributed by atoms with van der Waals surface area (Å²) in [7, 11) is 0. The Kier molecular flexibility index (Phi) is 6.33. The predicted octanol–water partition coefficient (Wildman–Crippen LogP) is 3.49. The summed E-state index contributed by atoms with van der Waals surface area (Å²) in [6.07, 6.45) is 0. The number of hydrogen-bond donors (Lipinski definition) is 2. The lowest BCUT2D eigenvalue weighted by Gasteiger charge is -2.35. The van der Waals surface area contributed by atoms with Gasteiger partial charge in [0.1, 0.15) is 5.75 Å². The van der Waals surface area contributed by atoms with Crippen LogP contribution >= 0.6 is 11.6 Å². The zero-order chi connectivity index (χ0) is 21.0. The van der Waals surface area contributed by atoms with Gasteiger partial charge >= 0.3 is 6.03 Å². The number of urea groups is 1. The summed E-state index contributed by atoms with van der Waals surface area (Å²) in [6, 6.07) is 13.8. The molecule has 0 aromatic heterocycles. The Bertz CT molecular complexity index is 892. The first kappa shape index (κ1) is 21.0. The highest BCUT2D eigenvalue weighted by atomic mass is 35.5. The first-order valence-corrected chi connectivity index (χ1v) is 10.0. The molecule has 3 rings (SSSR count). The number of nitrogens with one attached hydrogen (secondary N) is 1. The molecule has 0 aliphatic carbocycles. The molecule has 0 atom stereocenters. The maximum absolute atomic E-state index is 12.6. The molecule has 3 amide bonds. The quantitative estimate of drug-likeness (QED) is 0.802. The number of hydrogen-bond acceptors (Lipinski definition) is 3. The monoisotopic (exact) mass is 415 g/mol. The van der Waals surface area contributed by atoms with Crippen LogP contribution in [-0.4, -0.2) is 59.6 Å². The topological polar surface area (TPSA) is 72.9 Å². The van der Waals surface area contributed by atoms with Crippen molar-refractivity contribution in [3.05, 3.63) is 64.7 Å². The highest BCUT2D eigenvalue weighted by molar-refractivity contribution is 6.30. The highest BCUT2D eigenvalue weighted by Crippen LogP contribution is 2.25. The van der Waals surface area contributed by atoms with E-state index in [1.807, 2.05) is 24.3 Å². The third-order valence-electron chi connectivity index (χ3n) is 5.23. The smallest absolute Gasteiger partial charge is 0.317 e. The number of carbonyl (C=O) groups is 2. The standard InChI is InChI=1S/C22H26ClN3O3/c1-22(2,17-6-4-7-18(23)14-17)15-24-21(29)26-11-9-25(10-12-26)20(28)16-5-3-8-19(27)13-16/h3-8,13-14,27H,9-12,15H2,1-2H3,(H,24,29). The Labute approximate surface area is 176 Å². The lowest BCUT2D eigenvalue weighted by Crippen LogP contribution is -2.54. The van der Waals surface area contributed by atoms with Crippen molar-refractivity contribution in [2.75, 3.05) is 32.7 Å². The van der Waals surface area contributed by atoms with E-state index in [0.717, 1.165) is 5.56 Å². The van der Waals surface area contributed by atoms with Crippen molar-refractivity contribution in [3.8, 4) is 5.75 Å². The minimum Gasteiger partial charge on any atom is -0.508 e. The molecule has 2 aromatic carbocycles. The summed E-state index contributed by atoms with van der Waals surface area (Å²) < 4.78 is 0. The highest BCUT2D eigenvalue weighted by Gasteiger charge is 2.27. The third kappa shape index (κ3) is 5.21. The molecule has 2 N–H and O–H groups in total. The summed E-state index contributed by atoms with van der Waals surface area (Å²) in [5, 5.41) is 13.2. The van der Waals surface area contributed by atoms with Gasteiger partial charge in [-0.05, 0) is 35.9 Å². The zero-order valence-corrected chi connectivity index (χ0v) is 17.4. The molecule has 1 aliphatic rings. The number of nitrogens with zero attached hydrogens (tertiary/aromatic N) is 2. The molecule has 1 fully saturated rings. The molecule has 0 saturated carbocycles. The number of aromatic hydroxyl groups is 1. The third-order valence-corrected chi connectivity index (χ3v) is 5.47. The Balaban J connectivity index is 1.51. The molecule has 6 nitrogen and oxygen atoms in total. The first-order valence-electron chi connectivity index (χ1n) is 9.63. The van der Waals surface area contributed by atoms with Gasteiger partial charge in [-0.2, -0.15) is 0 Å². The van der Waals surface area contributed by atoms with Gasteiger partial charge in [0, 0.05) is 48.7 Å². The van der Waals surface area contributed by atoms with E-state index in [9.17, 15) is 14.7 Å². The van der Waals surface area contributed by atoms with Gasteiger partial charge in [0.2, 0.25) is 0 Å². The van der Waals surface area contributed by atoms with Crippen LogP contribution in [0.25, 0.3) is 0 Å². The van der Waals surface area contributed by atoms with Crippen LogP contribution in [0.2, 0.25) is 5.02 Å². The van der Waals surface area contributed by atoms with Crippen molar-refractivity contribution in [2.24, 2.45) is 0 Å². The Morgan fingerprint density at radius 1 is 1.03 bits per heavy atom. The van der Waals surface area contributed by atoms with Crippen LogP contribution in [0.4, 0.5) is 4.79 Å². The average Bonchev–Trinajstić information content (AvgIpc) is 2.71. The summed E-state index contributed by atoms with van der Waals surface area (Å²) in [5.41, 5.74) is 1.26. The van der Waals surface area contributed by atoms with Crippen LogP contribution in [0.3, 0.4) is 0 Å². The second-order valence-corrected chi connectivity index (χ2v) is 8.32. The van der Waals surface area contributed by atoms with E-state index in [0.29, 0.717) is 43.3 Å². The van der Waals surface area contributed by atoms with Gasteiger partial charge in [0.25, 0.3) is 5.91 Å². The second-order valence-electron chi connectivity index (χ2n) is 7.88. The number of halogens is 1. The van der Waals surface area contributed by atoms with Crippen molar-refractivity contribution >= 4 is 23.5 Å². The lowest BCUT2D eigenvalue weighted by atomic mass is 9.84. The molecular formula is C22H26ClN3O3. The fourth-order valence-corrected chi connectivity index (χ4v) is 3.54. The minimum atomic E-state index is -0.256. The van der Waals surface area contributed by atoms with E-state index in [1.54, 1.807) is 21.9 Å². The number of benzene rings is 2. The number of phenolic OH excluding ortho intramolecular Hbond substituents is 1. The lowest BCUT2D eigenvalue weighted by molar-refractivity contribution is 0.0664. The van der Waals surface area contributed by atoms with Gasteiger partial charge in [-0.15, -0.1) is 0 Å². The largest absolute Gasteiger partial charge is 0.508 e. The van der Waals surface area contributed by atoms with Crippen LogP contribution in [0, 0.1) is 0 Å². The van der Waals surface area contributed by atoms with Crippen LogP contribution in [0.5, 0.6) is 5.75 Å². The molecule has 0 bridgehead atoms. The molecule has 0 spiro atoms. The molecule has 154 valence electrons. The maximum atomic E-state index is 12.6. The zero-order valence-electron chi connectivity index (χ0n) is 16.7. The molecule has 1 heterocycles. The maximum Gasteiger partial charge on any atom is 0.317 e. The minimum absolute atomic E-state index is 0.0659. The fraction of sp³-hybridized carbons (Fsp3) is 0.364. The molecule has 0 radical (unpaired) electrons. The number of carbonyl (C=O) groups excluding carboxylic acids is 2. The Morgan fingerprint density at radius 3 is 2.34 bits per heavy atom. The summed E-state index contributed by atoms with van der Waals surface area (Å²) in [6.45, 7) is 6.45. The molecule has 1 saturated heterocycles. The number of phenols is 1. The first-order chi connectivity index (χ1) is 13.8.